The molecule has 0 saturated carbocycles. The predicted molar refractivity (Wildman–Crippen MR) is 163 cm³/mol. The van der Waals surface area contributed by atoms with Gasteiger partial charge in [0.05, 0.1) is 32.5 Å². The third-order valence-electron chi connectivity index (χ3n) is 7.41. The van der Waals surface area contributed by atoms with Gasteiger partial charge in [0, 0.05) is 0 Å². The summed E-state index contributed by atoms with van der Waals surface area (Å²) in [7, 11) is 1.66. The van der Waals surface area contributed by atoms with Crippen molar-refractivity contribution in [3.8, 4) is 5.75 Å². The lowest BCUT2D eigenvalue weighted by Gasteiger charge is -2.10. The van der Waals surface area contributed by atoms with E-state index in [2.05, 4.69) is 6.92 Å². The molecule has 0 N–H and O–H groups in total. The zero-order valence-corrected chi connectivity index (χ0v) is 24.9. The van der Waals surface area contributed by atoms with Gasteiger partial charge in [0.1, 0.15) is 5.75 Å². The van der Waals surface area contributed by atoms with Crippen molar-refractivity contribution in [1.82, 2.24) is 0 Å². The van der Waals surface area contributed by atoms with Crippen molar-refractivity contribution in [3.05, 3.63) is 65.2 Å². The van der Waals surface area contributed by atoms with E-state index in [0.29, 0.717) is 31.8 Å². The molecule has 4 nitrogen and oxygen atoms in total. The van der Waals surface area contributed by atoms with Gasteiger partial charge in [-0.3, -0.25) is 0 Å². The Morgan fingerprint density at radius 3 is 1.74 bits per heavy atom. The summed E-state index contributed by atoms with van der Waals surface area (Å²) < 4.78 is 16.6. The first-order valence-corrected chi connectivity index (χ1v) is 15.7. The highest BCUT2D eigenvalue weighted by atomic mass is 16.5. The minimum absolute atomic E-state index is 0.221. The largest absolute Gasteiger partial charge is 0.497 e. The maximum atomic E-state index is 12.7. The van der Waals surface area contributed by atoms with Crippen LogP contribution in [-0.4, -0.2) is 26.3 Å². The molecular formula is C35H54O4. The zero-order chi connectivity index (χ0) is 27.8. The summed E-state index contributed by atoms with van der Waals surface area (Å²) in [6, 6.07) is 15.6. The van der Waals surface area contributed by atoms with Gasteiger partial charge in [-0.2, -0.15) is 0 Å². The summed E-state index contributed by atoms with van der Waals surface area (Å²) >= 11 is 0. The molecule has 0 bridgehead atoms. The molecule has 0 aliphatic heterocycles. The van der Waals surface area contributed by atoms with Gasteiger partial charge in [-0.15, -0.1) is 0 Å². The number of ether oxygens (including phenoxy) is 3. The molecule has 0 saturated heterocycles. The molecule has 0 spiro atoms. The van der Waals surface area contributed by atoms with Crippen LogP contribution in [0.5, 0.6) is 5.75 Å². The average Bonchev–Trinajstić information content (AvgIpc) is 2.97. The molecular weight excluding hydrogens is 484 g/mol. The second-order valence-electron chi connectivity index (χ2n) is 10.7. The first-order chi connectivity index (χ1) is 19.2. The molecule has 0 unspecified atom stereocenters. The first kappa shape index (κ1) is 32.9. The lowest BCUT2D eigenvalue weighted by molar-refractivity contribution is 0.0495. The second-order valence-corrected chi connectivity index (χ2v) is 10.7. The Balaban J connectivity index is 1.46. The van der Waals surface area contributed by atoms with Gasteiger partial charge in [-0.1, -0.05) is 134 Å². The molecule has 39 heavy (non-hydrogen) atoms. The zero-order valence-electron chi connectivity index (χ0n) is 24.9. The maximum absolute atomic E-state index is 12.7. The van der Waals surface area contributed by atoms with Crippen LogP contribution in [0.25, 0.3) is 0 Å². The minimum Gasteiger partial charge on any atom is -0.497 e. The van der Waals surface area contributed by atoms with Crippen LogP contribution >= 0.6 is 0 Å². The van der Waals surface area contributed by atoms with E-state index in [1.165, 1.54) is 89.9 Å². The first-order valence-electron chi connectivity index (χ1n) is 15.7. The topological polar surface area (TPSA) is 44.8 Å². The van der Waals surface area contributed by atoms with Crippen LogP contribution in [0.1, 0.15) is 131 Å². The SMILES string of the molecule is CCCCCCCCCCCCCCCCCCOC(=O)c1ccccc1CCOCc1ccc(OC)cc1. The molecule has 218 valence electrons. The van der Waals surface area contributed by atoms with Gasteiger partial charge in [0.25, 0.3) is 0 Å². The van der Waals surface area contributed by atoms with Gasteiger partial charge in [0.15, 0.2) is 0 Å². The van der Waals surface area contributed by atoms with Crippen LogP contribution in [0.15, 0.2) is 48.5 Å². The fourth-order valence-corrected chi connectivity index (χ4v) is 4.92. The van der Waals surface area contributed by atoms with E-state index >= 15 is 0 Å². The molecule has 0 aliphatic carbocycles. The predicted octanol–water partition coefficient (Wildman–Crippen LogP) is 9.87. The van der Waals surface area contributed by atoms with Crippen molar-refractivity contribution in [2.45, 2.75) is 123 Å². The summed E-state index contributed by atoms with van der Waals surface area (Å²) in [5, 5.41) is 0. The summed E-state index contributed by atoms with van der Waals surface area (Å²) in [6.45, 7) is 3.87. The lowest BCUT2D eigenvalue weighted by Crippen LogP contribution is -2.11. The number of carbonyl (C=O) groups is 1. The Bertz CT molecular complexity index is 861. The summed E-state index contributed by atoms with van der Waals surface area (Å²) in [5.74, 6) is 0.618. The number of unbranched alkanes of at least 4 members (excludes halogenated alkanes) is 15. The van der Waals surface area contributed by atoms with E-state index in [1.54, 1.807) is 7.11 Å². The van der Waals surface area contributed by atoms with E-state index in [-0.39, 0.29) is 5.97 Å². The number of methoxy groups -OCH3 is 1. The Hall–Kier alpha value is -2.33. The molecule has 0 heterocycles. The van der Waals surface area contributed by atoms with Gasteiger partial charge < -0.3 is 14.2 Å². The lowest BCUT2D eigenvalue weighted by atomic mass is 10.0. The summed E-state index contributed by atoms with van der Waals surface area (Å²) in [6.07, 6.45) is 22.1. The van der Waals surface area contributed by atoms with Gasteiger partial charge in [0.2, 0.25) is 0 Å². The number of rotatable bonds is 24. The van der Waals surface area contributed by atoms with Crippen LogP contribution in [0.2, 0.25) is 0 Å². The van der Waals surface area contributed by atoms with Crippen molar-refractivity contribution in [2.75, 3.05) is 20.3 Å². The van der Waals surface area contributed by atoms with E-state index in [1.807, 2.05) is 48.5 Å². The highest BCUT2D eigenvalue weighted by molar-refractivity contribution is 5.91. The van der Waals surface area contributed by atoms with E-state index < -0.39 is 0 Å². The smallest absolute Gasteiger partial charge is 0.338 e. The highest BCUT2D eigenvalue weighted by Crippen LogP contribution is 2.16. The van der Waals surface area contributed by atoms with E-state index in [0.717, 1.165) is 29.7 Å². The third kappa shape index (κ3) is 15.8. The van der Waals surface area contributed by atoms with Crippen LogP contribution in [0.4, 0.5) is 0 Å². The van der Waals surface area contributed by atoms with Crippen LogP contribution in [0.3, 0.4) is 0 Å². The number of hydrogen-bond donors (Lipinski definition) is 0. The van der Waals surface area contributed by atoms with E-state index in [9.17, 15) is 4.79 Å². The van der Waals surface area contributed by atoms with Crippen LogP contribution in [0, 0.1) is 0 Å². The standard InChI is InChI=1S/C35H54O4/c1-3-4-5-6-7-8-9-10-11-12-13-14-15-16-17-20-28-39-35(36)34-22-19-18-21-32(34)27-29-38-30-31-23-25-33(37-2)26-24-31/h18-19,21-26H,3-17,20,27-30H2,1-2H3. The minimum atomic E-state index is -0.221. The van der Waals surface area contributed by atoms with Crippen molar-refractivity contribution in [2.24, 2.45) is 0 Å². The number of carbonyl (C=O) groups excluding carboxylic acids is 1. The van der Waals surface area contributed by atoms with Crippen molar-refractivity contribution < 1.29 is 19.0 Å². The van der Waals surface area contributed by atoms with Crippen molar-refractivity contribution >= 4 is 5.97 Å². The van der Waals surface area contributed by atoms with Crippen LogP contribution in [-0.2, 0) is 22.5 Å². The number of esters is 1. The molecule has 2 aromatic rings. The Morgan fingerprint density at radius 1 is 0.641 bits per heavy atom. The molecule has 2 rings (SSSR count). The molecule has 4 heteroatoms. The molecule has 0 fully saturated rings. The molecule has 0 atom stereocenters. The van der Waals surface area contributed by atoms with E-state index in [4.69, 9.17) is 14.2 Å². The van der Waals surface area contributed by atoms with Gasteiger partial charge >= 0.3 is 5.97 Å². The molecule has 0 aromatic heterocycles. The highest BCUT2D eigenvalue weighted by Gasteiger charge is 2.12. The van der Waals surface area contributed by atoms with Gasteiger partial charge in [-0.05, 0) is 42.2 Å². The maximum Gasteiger partial charge on any atom is 0.338 e. The summed E-state index contributed by atoms with van der Waals surface area (Å²) in [4.78, 5) is 12.7. The number of hydrogen-bond acceptors (Lipinski definition) is 4. The normalized spacial score (nSPS) is 11.0. The van der Waals surface area contributed by atoms with Crippen LogP contribution < -0.4 is 4.74 Å². The third-order valence-corrected chi connectivity index (χ3v) is 7.41. The Morgan fingerprint density at radius 2 is 1.18 bits per heavy atom. The molecule has 0 radical (unpaired) electrons. The molecule has 2 aromatic carbocycles. The fourth-order valence-electron chi connectivity index (χ4n) is 4.92. The van der Waals surface area contributed by atoms with Crippen molar-refractivity contribution in [3.63, 3.8) is 0 Å². The number of benzene rings is 2. The van der Waals surface area contributed by atoms with Gasteiger partial charge in [-0.25, -0.2) is 4.79 Å². The molecule has 0 aliphatic rings. The Kier molecular flexibility index (Phi) is 19.0. The fraction of sp³-hybridized carbons (Fsp3) is 0.629. The quantitative estimate of drug-likeness (QED) is 0.0985. The monoisotopic (exact) mass is 538 g/mol. The average molecular weight is 539 g/mol. The second kappa shape index (κ2) is 22.5. The Labute approximate surface area is 238 Å². The van der Waals surface area contributed by atoms with Crippen molar-refractivity contribution in [1.29, 1.82) is 0 Å². The molecule has 0 amide bonds. The summed E-state index contributed by atoms with van der Waals surface area (Å²) in [5.41, 5.74) is 2.73.